The lowest BCUT2D eigenvalue weighted by atomic mass is 10.1. The van der Waals surface area contributed by atoms with Crippen LogP contribution in [-0.4, -0.2) is 0 Å². The zero-order chi connectivity index (χ0) is 10.2. The monoisotopic (exact) mass is 162 g/mol. The Balaban J connectivity index is 3.38. The van der Waals surface area contributed by atoms with Crippen LogP contribution in [0, 0.1) is 6.92 Å². The minimum absolute atomic E-state index is 0.0736. The van der Waals surface area contributed by atoms with E-state index >= 15 is 0 Å². The molecule has 0 spiro atoms. The number of rotatable bonds is 0. The van der Waals surface area contributed by atoms with Crippen molar-refractivity contribution in [1.29, 1.82) is 0 Å². The van der Waals surface area contributed by atoms with Crippen LogP contribution in [0.3, 0.4) is 0 Å². The van der Waals surface area contributed by atoms with Gasteiger partial charge in [-0.1, -0.05) is 18.2 Å². The largest absolute Gasteiger partial charge is 0.416 e. The van der Waals surface area contributed by atoms with Gasteiger partial charge in [-0.15, -0.1) is 0 Å². The Morgan fingerprint density at radius 1 is 1.45 bits per heavy atom. The van der Waals surface area contributed by atoms with Crippen molar-refractivity contribution in [1.82, 2.24) is 0 Å². The van der Waals surface area contributed by atoms with Crippen LogP contribution in [0.25, 0.3) is 0 Å². The third-order valence-corrected chi connectivity index (χ3v) is 1.28. The van der Waals surface area contributed by atoms with Gasteiger partial charge in [0.15, 0.2) is 0 Å². The summed E-state index contributed by atoms with van der Waals surface area (Å²) in [4.78, 5) is 0. The van der Waals surface area contributed by atoms with Crippen LogP contribution in [0.1, 0.15) is 13.9 Å². The maximum Gasteiger partial charge on any atom is 0.416 e. The molecule has 0 aliphatic heterocycles. The lowest BCUT2D eigenvalue weighted by molar-refractivity contribution is -0.138. The van der Waals surface area contributed by atoms with Crippen molar-refractivity contribution in [3.8, 4) is 0 Å². The first-order valence-electron chi connectivity index (χ1n) is 3.97. The van der Waals surface area contributed by atoms with E-state index in [4.69, 9.17) is 2.74 Å². The molecule has 0 heterocycles. The molecule has 0 aliphatic carbocycles. The molecule has 0 amide bonds. The summed E-state index contributed by atoms with van der Waals surface area (Å²) in [7, 11) is 0. The van der Waals surface area contributed by atoms with Gasteiger partial charge in [0.25, 0.3) is 0 Å². The molecular weight excluding hydrogens is 153 g/mol. The maximum atomic E-state index is 12.3. The van der Waals surface area contributed by atoms with Crippen molar-refractivity contribution < 1.29 is 15.9 Å². The minimum Gasteiger partial charge on any atom is -0.166 e. The molecule has 0 atom stereocenters. The summed E-state index contributed by atoms with van der Waals surface area (Å²) < 4.78 is 50.9. The lowest BCUT2D eigenvalue weighted by Gasteiger charge is -2.08. The van der Waals surface area contributed by atoms with E-state index in [1.54, 1.807) is 0 Å². The third-order valence-electron chi connectivity index (χ3n) is 1.28. The van der Waals surface area contributed by atoms with E-state index in [-0.39, 0.29) is 11.6 Å². The predicted molar refractivity (Wildman–Crippen MR) is 36.2 cm³/mol. The summed E-state index contributed by atoms with van der Waals surface area (Å²) in [6, 6.07) is 1.27. The molecule has 0 nitrogen and oxygen atoms in total. The average Bonchev–Trinajstić information content (AvgIpc) is 1.78. The second-order valence-corrected chi connectivity index (χ2v) is 2.16. The van der Waals surface area contributed by atoms with Crippen molar-refractivity contribution in [2.45, 2.75) is 13.1 Å². The number of alkyl halides is 3. The molecule has 1 aromatic carbocycles. The fourth-order valence-corrected chi connectivity index (χ4v) is 0.772. The van der Waals surface area contributed by atoms with Crippen molar-refractivity contribution in [2.24, 2.45) is 0 Å². The summed E-state index contributed by atoms with van der Waals surface area (Å²) >= 11 is 0. The molecule has 0 aromatic heterocycles. The second kappa shape index (κ2) is 2.57. The molecule has 0 saturated carbocycles. The summed E-state index contributed by atoms with van der Waals surface area (Å²) in [5, 5.41) is 0. The van der Waals surface area contributed by atoms with Crippen molar-refractivity contribution in [2.75, 3.05) is 0 Å². The fourth-order valence-electron chi connectivity index (χ4n) is 0.772. The summed E-state index contributed by atoms with van der Waals surface area (Å²) in [5.74, 6) is 0. The Morgan fingerprint density at radius 2 is 2.09 bits per heavy atom. The van der Waals surface area contributed by atoms with Crippen LogP contribution in [0.2, 0.25) is 0 Å². The van der Waals surface area contributed by atoms with Crippen molar-refractivity contribution >= 4 is 0 Å². The van der Waals surface area contributed by atoms with E-state index in [0.29, 0.717) is 0 Å². The number of hydrogen-bond acceptors (Lipinski definition) is 0. The van der Waals surface area contributed by atoms with E-state index in [2.05, 4.69) is 0 Å². The number of halogens is 3. The van der Waals surface area contributed by atoms with E-state index < -0.39 is 17.8 Å². The van der Waals surface area contributed by atoms with Gasteiger partial charge in [-0.05, 0) is 18.5 Å². The lowest BCUT2D eigenvalue weighted by Crippen LogP contribution is -2.06. The van der Waals surface area contributed by atoms with Crippen molar-refractivity contribution in [3.05, 3.63) is 35.3 Å². The van der Waals surface area contributed by atoms with Crippen LogP contribution in [0.15, 0.2) is 24.2 Å². The first-order valence-corrected chi connectivity index (χ1v) is 2.97. The molecule has 0 radical (unpaired) electrons. The Kier molecular flexibility index (Phi) is 1.31. The van der Waals surface area contributed by atoms with Crippen LogP contribution in [-0.2, 0) is 6.18 Å². The Morgan fingerprint density at radius 3 is 2.55 bits per heavy atom. The highest BCUT2D eigenvalue weighted by atomic mass is 19.4. The van der Waals surface area contributed by atoms with Gasteiger partial charge in [0.2, 0.25) is 0 Å². The van der Waals surface area contributed by atoms with Gasteiger partial charge in [0.1, 0.15) is 0 Å². The summed E-state index contributed by atoms with van der Waals surface area (Å²) in [6.07, 6.45) is -4.51. The van der Waals surface area contributed by atoms with E-state index in [1.165, 1.54) is 6.92 Å². The van der Waals surface area contributed by atoms with Gasteiger partial charge < -0.3 is 0 Å². The molecule has 0 fully saturated rings. The molecule has 0 bridgehead atoms. The number of hydrogen-bond donors (Lipinski definition) is 0. The fraction of sp³-hybridized carbons (Fsp3) is 0.250. The quantitative estimate of drug-likeness (QED) is 0.550. The van der Waals surface area contributed by atoms with Crippen LogP contribution in [0.4, 0.5) is 13.2 Å². The van der Waals surface area contributed by atoms with Crippen LogP contribution in [0.5, 0.6) is 0 Å². The smallest absolute Gasteiger partial charge is 0.166 e. The maximum absolute atomic E-state index is 12.3. The first kappa shape index (κ1) is 5.63. The Hall–Kier alpha value is -0.990. The second-order valence-electron chi connectivity index (χ2n) is 2.16. The minimum atomic E-state index is -4.51. The highest BCUT2D eigenvalue weighted by Crippen LogP contribution is 2.31. The van der Waals surface area contributed by atoms with Crippen LogP contribution >= 0.6 is 0 Å². The number of benzene rings is 1. The van der Waals surface area contributed by atoms with E-state index in [1.807, 2.05) is 0 Å². The normalized spacial score (nSPS) is 14.2. The molecule has 1 aromatic rings. The molecule has 0 saturated heterocycles. The van der Waals surface area contributed by atoms with E-state index in [9.17, 15) is 13.2 Å². The highest BCUT2D eigenvalue weighted by molar-refractivity contribution is 5.27. The highest BCUT2D eigenvalue weighted by Gasteiger charge is 2.31. The molecule has 0 aliphatic rings. The van der Waals surface area contributed by atoms with E-state index in [0.717, 1.165) is 12.1 Å². The summed E-state index contributed by atoms with van der Waals surface area (Å²) in [5.41, 5.74) is -1.03. The van der Waals surface area contributed by atoms with Crippen LogP contribution < -0.4 is 0 Å². The van der Waals surface area contributed by atoms with Gasteiger partial charge in [0, 0.05) is 0 Å². The zero-order valence-electron chi connectivity index (χ0n) is 7.79. The third kappa shape index (κ3) is 1.73. The molecule has 3 heteroatoms. The standard InChI is InChI=1S/C8H7F3/c1-6-4-2-3-5-7(6)8(9,10)11/h2-5H,1H3/i2D,5D. The molecule has 11 heavy (non-hydrogen) atoms. The summed E-state index contributed by atoms with van der Waals surface area (Å²) in [6.45, 7) is 1.25. The first-order chi connectivity index (χ1) is 5.82. The average molecular weight is 162 g/mol. The van der Waals surface area contributed by atoms with Gasteiger partial charge in [-0.2, -0.15) is 13.2 Å². The Labute approximate surface area is 65.5 Å². The molecule has 0 N–H and O–H groups in total. The van der Waals surface area contributed by atoms with Gasteiger partial charge >= 0.3 is 6.18 Å². The Bertz CT molecular complexity index is 308. The molecule has 1 rings (SSSR count). The van der Waals surface area contributed by atoms with Crippen molar-refractivity contribution in [3.63, 3.8) is 0 Å². The number of aryl methyl sites for hydroxylation is 1. The predicted octanol–water partition coefficient (Wildman–Crippen LogP) is 3.01. The van der Waals surface area contributed by atoms with Gasteiger partial charge in [0.05, 0.1) is 8.30 Å². The topological polar surface area (TPSA) is 0 Å². The SMILES string of the molecule is [2H]c1cc([2H])c(C(F)(F)F)c(C)c1. The molecule has 0 unspecified atom stereocenters. The van der Waals surface area contributed by atoms with Gasteiger partial charge in [-0.3, -0.25) is 0 Å². The molecule has 60 valence electrons. The molecular formula is C8H7F3. The zero-order valence-corrected chi connectivity index (χ0v) is 5.79. The van der Waals surface area contributed by atoms with Gasteiger partial charge in [-0.25, -0.2) is 0 Å².